The van der Waals surface area contributed by atoms with Gasteiger partial charge in [-0.3, -0.25) is 0 Å². The predicted octanol–water partition coefficient (Wildman–Crippen LogP) is 0.389. The van der Waals surface area contributed by atoms with Crippen molar-refractivity contribution < 1.29 is 47.4 Å². The Kier molecular flexibility index (Phi) is 4.59. The van der Waals surface area contributed by atoms with Crippen LogP contribution in [-0.2, 0) is 18.3 Å². The van der Waals surface area contributed by atoms with Crippen LogP contribution in [0.25, 0.3) is 21.9 Å². The van der Waals surface area contributed by atoms with E-state index in [4.69, 9.17) is 0 Å². The average Bonchev–Trinajstić information content (AvgIpc) is 2.40. The van der Waals surface area contributed by atoms with Crippen LogP contribution >= 0.6 is 0 Å². The molecule has 0 aliphatic carbocycles. The van der Waals surface area contributed by atoms with E-state index in [1.54, 1.807) is 6.07 Å². The number of phenolic OH excluding ortho intramolecular Hbond substituents is 1. The number of hydrogen-bond acceptors (Lipinski definition) is 1. The molecule has 0 bridgehead atoms. The van der Waals surface area contributed by atoms with Gasteiger partial charge in [0.1, 0.15) is 0 Å². The van der Waals surface area contributed by atoms with Gasteiger partial charge in [0, 0.05) is 0 Å². The molecule has 0 saturated carbocycles. The summed E-state index contributed by atoms with van der Waals surface area (Å²) in [4.78, 5) is 0. The summed E-state index contributed by atoms with van der Waals surface area (Å²) in [6, 6.07) is 20.3. The van der Waals surface area contributed by atoms with Crippen LogP contribution in [0.15, 0.2) is 60.7 Å². The molecule has 0 aliphatic heterocycles. The van der Waals surface area contributed by atoms with E-state index >= 15 is 0 Å². The van der Waals surface area contributed by atoms with Gasteiger partial charge in [0.05, 0.1) is 0 Å². The molecule has 0 atom stereocenters. The van der Waals surface area contributed by atoms with E-state index in [-0.39, 0.29) is 24.0 Å². The van der Waals surface area contributed by atoms with Crippen LogP contribution in [0.2, 0.25) is 0 Å². The normalized spacial score (nSPS) is 10.2. The molecule has 0 amide bonds. The van der Waals surface area contributed by atoms with E-state index in [1.165, 1.54) is 4.16 Å². The van der Waals surface area contributed by atoms with Crippen molar-refractivity contribution in [2.45, 2.75) is 0 Å². The summed E-state index contributed by atoms with van der Waals surface area (Å²) in [5.74, 6) is 0.341. The average molecular weight is 412 g/mol. The fourth-order valence-electron chi connectivity index (χ4n) is 2.23. The van der Waals surface area contributed by atoms with Crippen molar-refractivity contribution in [3.63, 3.8) is 0 Å². The van der Waals surface area contributed by atoms with Crippen molar-refractivity contribution in [2.75, 3.05) is 0 Å². The van der Waals surface area contributed by atoms with Gasteiger partial charge in [0.25, 0.3) is 0 Å². The third kappa shape index (κ3) is 2.82. The maximum atomic E-state index is 10.1. The predicted molar refractivity (Wildman–Crippen MR) is 70.7 cm³/mol. The smallest absolute Gasteiger partial charge is 1.00 e. The van der Waals surface area contributed by atoms with Gasteiger partial charge in [-0.2, -0.15) is 0 Å². The van der Waals surface area contributed by atoms with E-state index in [1.807, 2.05) is 18.2 Å². The van der Waals surface area contributed by atoms with Crippen molar-refractivity contribution in [1.29, 1.82) is 0 Å². The topological polar surface area (TPSA) is 20.2 Å². The largest absolute Gasteiger partial charge is 1.00 e. The number of phenols is 1. The van der Waals surface area contributed by atoms with E-state index in [0.717, 1.165) is 40.2 Å². The minimum atomic E-state index is 0. The first kappa shape index (κ1) is 14.5. The molecule has 3 heteroatoms. The zero-order valence-corrected chi connectivity index (χ0v) is 15.4. The van der Waals surface area contributed by atoms with Crippen LogP contribution < -0.4 is 28.1 Å². The number of halogens is 1. The van der Waals surface area contributed by atoms with Gasteiger partial charge in [-0.15, -0.1) is 0 Å². The van der Waals surface area contributed by atoms with Crippen LogP contribution in [0, 0.1) is 0 Å². The summed E-state index contributed by atoms with van der Waals surface area (Å²) < 4.78 is 1.35. The molecule has 90 valence electrons. The molecule has 19 heavy (non-hydrogen) atoms. The molecule has 1 N–H and O–H groups in total. The summed E-state index contributed by atoms with van der Waals surface area (Å²) in [5, 5.41) is 12.4. The molecule has 0 radical (unpaired) electrons. The summed E-state index contributed by atoms with van der Waals surface area (Å²) >= 11 is 1.15. The zero-order valence-electron chi connectivity index (χ0n) is 10.3. The molecule has 3 aromatic rings. The maximum Gasteiger partial charge on any atom is -1.00 e. The van der Waals surface area contributed by atoms with Crippen molar-refractivity contribution in [3.05, 3.63) is 60.7 Å². The van der Waals surface area contributed by atoms with Crippen LogP contribution in [0.1, 0.15) is 0 Å². The van der Waals surface area contributed by atoms with Crippen LogP contribution in [0.5, 0.6) is 5.75 Å². The SMILES string of the molecule is Oc1ccc2ccccc2c1-c1cc[c]([Zn+])cc1.[I-]. The molecule has 3 rings (SSSR count). The third-order valence-electron chi connectivity index (χ3n) is 3.15. The van der Waals surface area contributed by atoms with Crippen molar-refractivity contribution in [2.24, 2.45) is 0 Å². The van der Waals surface area contributed by atoms with E-state index in [2.05, 4.69) is 36.4 Å². The molecule has 0 saturated heterocycles. The minimum Gasteiger partial charge on any atom is -1.00 e. The number of rotatable bonds is 1. The molecule has 0 aromatic heterocycles. The van der Waals surface area contributed by atoms with Crippen molar-refractivity contribution in [3.8, 4) is 16.9 Å². The third-order valence-corrected chi connectivity index (χ3v) is 4.14. The number of aromatic hydroxyl groups is 1. The van der Waals surface area contributed by atoms with Crippen LogP contribution in [0.4, 0.5) is 0 Å². The van der Waals surface area contributed by atoms with Crippen molar-refractivity contribution >= 4 is 14.9 Å². The first-order valence-corrected chi connectivity index (χ1v) is 7.37. The monoisotopic (exact) mass is 410 g/mol. The first-order valence-electron chi connectivity index (χ1n) is 5.89. The fourth-order valence-corrected chi connectivity index (χ4v) is 2.73. The van der Waals surface area contributed by atoms with Gasteiger partial charge < -0.3 is 24.0 Å². The van der Waals surface area contributed by atoms with E-state index in [9.17, 15) is 5.11 Å². The molecular weight excluding hydrogens is 400 g/mol. The molecule has 0 heterocycles. The molecular formula is C16H11IOZn. The molecule has 0 fully saturated rings. The Hall–Kier alpha value is -0.927. The van der Waals surface area contributed by atoms with Gasteiger partial charge in [-0.1, -0.05) is 0 Å². The minimum absolute atomic E-state index is 0. The quantitative estimate of drug-likeness (QED) is 0.454. The Balaban J connectivity index is 0.00000133. The molecule has 3 aromatic carbocycles. The van der Waals surface area contributed by atoms with Gasteiger partial charge in [0.2, 0.25) is 0 Å². The summed E-state index contributed by atoms with van der Waals surface area (Å²) in [6.45, 7) is 0. The van der Waals surface area contributed by atoms with E-state index in [0.29, 0.717) is 5.75 Å². The Morgan fingerprint density at radius 1 is 0.789 bits per heavy atom. The van der Waals surface area contributed by atoms with E-state index < -0.39 is 0 Å². The van der Waals surface area contributed by atoms with Gasteiger partial charge in [0.15, 0.2) is 0 Å². The van der Waals surface area contributed by atoms with Gasteiger partial charge in [-0.25, -0.2) is 0 Å². The summed E-state index contributed by atoms with van der Waals surface area (Å²) in [7, 11) is 0. The van der Waals surface area contributed by atoms with Gasteiger partial charge in [-0.05, 0) is 0 Å². The second-order valence-electron chi connectivity index (χ2n) is 4.38. The Labute approximate surface area is 139 Å². The van der Waals surface area contributed by atoms with Crippen LogP contribution in [-0.4, -0.2) is 5.11 Å². The Morgan fingerprint density at radius 2 is 1.47 bits per heavy atom. The number of hydrogen-bond donors (Lipinski definition) is 1. The van der Waals surface area contributed by atoms with Gasteiger partial charge >= 0.3 is 116 Å². The Bertz CT molecular complexity index is 708. The first-order chi connectivity index (χ1) is 8.75. The fraction of sp³-hybridized carbons (Fsp3) is 0. The maximum absolute atomic E-state index is 10.1. The molecule has 0 aliphatic rings. The second kappa shape index (κ2) is 6.02. The zero-order chi connectivity index (χ0) is 12.5. The summed E-state index contributed by atoms with van der Waals surface area (Å²) in [6.07, 6.45) is 0. The number of benzene rings is 3. The number of fused-ring (bicyclic) bond motifs is 1. The molecule has 0 spiro atoms. The summed E-state index contributed by atoms with van der Waals surface area (Å²) in [5.41, 5.74) is 2.00. The van der Waals surface area contributed by atoms with Crippen molar-refractivity contribution in [1.82, 2.24) is 0 Å². The molecule has 1 nitrogen and oxygen atoms in total. The second-order valence-corrected chi connectivity index (χ2v) is 6.09. The van der Waals surface area contributed by atoms with Crippen LogP contribution in [0.3, 0.4) is 0 Å². The molecule has 0 unspecified atom stereocenters. The Morgan fingerprint density at radius 3 is 2.21 bits per heavy atom. The standard InChI is InChI=1S/C16H11O.HI.Zn/c17-15-11-10-12-6-4-5-9-14(12)16(15)13-7-2-1-3-8-13;;/h2-11,17H;1H;/q;;+1/p-1.